The van der Waals surface area contributed by atoms with Gasteiger partial charge in [0, 0.05) is 17.9 Å². The second-order valence-corrected chi connectivity index (χ2v) is 6.59. The summed E-state index contributed by atoms with van der Waals surface area (Å²) in [6.07, 6.45) is 0. The van der Waals surface area contributed by atoms with Crippen LogP contribution < -0.4 is 10.2 Å². The molecule has 2 heterocycles. The molecular weight excluding hydrogens is 403 g/mol. The predicted molar refractivity (Wildman–Crippen MR) is 108 cm³/mol. The Hall–Kier alpha value is -2.94. The number of nitrogens with one attached hydrogen (secondary N) is 1. The SMILES string of the molecule is OCCN(c1ccccc1)c1nc2nonc2nc1Nc1ccc(Cl)c(Cl)c1. The molecule has 0 radical (unpaired) electrons. The summed E-state index contributed by atoms with van der Waals surface area (Å²) in [6, 6.07) is 14.6. The van der Waals surface area contributed by atoms with Gasteiger partial charge in [0.25, 0.3) is 0 Å². The average Bonchev–Trinajstić information content (AvgIpc) is 3.16. The zero-order valence-corrected chi connectivity index (χ0v) is 15.9. The first-order valence-corrected chi connectivity index (χ1v) is 9.07. The summed E-state index contributed by atoms with van der Waals surface area (Å²) in [7, 11) is 0. The van der Waals surface area contributed by atoms with Crippen molar-refractivity contribution in [2.75, 3.05) is 23.4 Å². The number of hydrogen-bond acceptors (Lipinski definition) is 8. The summed E-state index contributed by atoms with van der Waals surface area (Å²) in [5.41, 5.74) is 2.01. The molecule has 0 spiro atoms. The molecular formula is C18H14Cl2N6O2. The fourth-order valence-electron chi connectivity index (χ4n) is 2.68. The second-order valence-electron chi connectivity index (χ2n) is 5.77. The lowest BCUT2D eigenvalue weighted by molar-refractivity contribution is 0.305. The summed E-state index contributed by atoms with van der Waals surface area (Å²) in [5, 5.41) is 21.2. The molecule has 0 amide bonds. The van der Waals surface area contributed by atoms with Gasteiger partial charge in [0.1, 0.15) is 0 Å². The van der Waals surface area contributed by atoms with Gasteiger partial charge in [-0.15, -0.1) is 0 Å². The van der Waals surface area contributed by atoms with Crippen molar-refractivity contribution in [2.24, 2.45) is 0 Å². The number of rotatable bonds is 6. The van der Waals surface area contributed by atoms with E-state index in [9.17, 15) is 5.11 Å². The van der Waals surface area contributed by atoms with Crippen LogP contribution in [0.4, 0.5) is 23.0 Å². The third-order valence-electron chi connectivity index (χ3n) is 3.93. The van der Waals surface area contributed by atoms with E-state index in [1.165, 1.54) is 0 Å². The first-order chi connectivity index (χ1) is 13.7. The highest BCUT2D eigenvalue weighted by Gasteiger charge is 2.20. The summed E-state index contributed by atoms with van der Waals surface area (Å²) in [5.74, 6) is 0.855. The Morgan fingerprint density at radius 2 is 1.71 bits per heavy atom. The van der Waals surface area contributed by atoms with Gasteiger partial charge in [-0.3, -0.25) is 0 Å². The van der Waals surface area contributed by atoms with E-state index in [-0.39, 0.29) is 17.9 Å². The minimum atomic E-state index is -0.0854. The van der Waals surface area contributed by atoms with Gasteiger partial charge >= 0.3 is 0 Å². The van der Waals surface area contributed by atoms with E-state index >= 15 is 0 Å². The Labute approximate surface area is 169 Å². The minimum Gasteiger partial charge on any atom is -0.395 e. The molecule has 0 atom stereocenters. The Balaban J connectivity index is 1.83. The summed E-state index contributed by atoms with van der Waals surface area (Å²) in [4.78, 5) is 10.8. The Morgan fingerprint density at radius 3 is 2.43 bits per heavy atom. The Morgan fingerprint density at radius 1 is 0.964 bits per heavy atom. The van der Waals surface area contributed by atoms with Gasteiger partial charge in [0.2, 0.25) is 11.3 Å². The molecule has 0 fully saturated rings. The lowest BCUT2D eigenvalue weighted by Crippen LogP contribution is -2.23. The lowest BCUT2D eigenvalue weighted by atomic mass is 10.2. The van der Waals surface area contributed by atoms with Crippen molar-refractivity contribution in [3.8, 4) is 0 Å². The summed E-state index contributed by atoms with van der Waals surface area (Å²) >= 11 is 12.1. The van der Waals surface area contributed by atoms with Crippen LogP contribution >= 0.6 is 23.2 Å². The minimum absolute atomic E-state index is 0.0854. The molecule has 2 N–H and O–H groups in total. The van der Waals surface area contributed by atoms with Gasteiger partial charge in [-0.25, -0.2) is 14.6 Å². The van der Waals surface area contributed by atoms with Crippen LogP contribution in [-0.4, -0.2) is 38.5 Å². The summed E-state index contributed by atoms with van der Waals surface area (Å²) < 4.78 is 4.75. The maximum atomic E-state index is 9.59. The number of fused-ring (bicyclic) bond motifs is 1. The number of para-hydroxylation sites is 1. The van der Waals surface area contributed by atoms with E-state index in [1.807, 2.05) is 35.2 Å². The van der Waals surface area contributed by atoms with E-state index in [4.69, 9.17) is 27.8 Å². The quantitative estimate of drug-likeness (QED) is 0.482. The van der Waals surface area contributed by atoms with Gasteiger partial charge in [-0.2, -0.15) is 0 Å². The molecule has 0 aliphatic heterocycles. The molecule has 2 aromatic carbocycles. The number of nitrogens with zero attached hydrogens (tertiary/aromatic N) is 5. The maximum absolute atomic E-state index is 9.59. The zero-order valence-electron chi connectivity index (χ0n) is 14.4. The van der Waals surface area contributed by atoms with Crippen LogP contribution in [0.5, 0.6) is 0 Å². The standard InChI is InChI=1S/C18H14Cl2N6O2/c19-13-7-6-11(10-14(13)20)21-17-18(23-16-15(22-17)24-28-25-16)26(8-9-27)12-4-2-1-3-5-12/h1-7,10,27H,8-9H2,(H,21,22,24). The van der Waals surface area contributed by atoms with Crippen LogP contribution in [0.2, 0.25) is 10.0 Å². The molecule has 28 heavy (non-hydrogen) atoms. The molecule has 10 heteroatoms. The van der Waals surface area contributed by atoms with Crippen LogP contribution in [-0.2, 0) is 0 Å². The predicted octanol–water partition coefficient (Wildman–Crippen LogP) is 4.19. The third kappa shape index (κ3) is 3.70. The fourth-order valence-corrected chi connectivity index (χ4v) is 2.98. The monoisotopic (exact) mass is 416 g/mol. The van der Waals surface area contributed by atoms with E-state index in [0.29, 0.717) is 33.9 Å². The molecule has 0 saturated heterocycles. The van der Waals surface area contributed by atoms with Crippen molar-refractivity contribution >= 4 is 57.5 Å². The molecule has 0 unspecified atom stereocenters. The van der Waals surface area contributed by atoms with Crippen molar-refractivity contribution in [3.63, 3.8) is 0 Å². The number of aromatic nitrogens is 4. The normalized spacial score (nSPS) is 11.0. The van der Waals surface area contributed by atoms with E-state index in [2.05, 4.69) is 25.6 Å². The molecule has 0 saturated carbocycles. The van der Waals surface area contributed by atoms with Crippen LogP contribution in [0.3, 0.4) is 0 Å². The molecule has 4 rings (SSSR count). The van der Waals surface area contributed by atoms with Gasteiger partial charge in [-0.05, 0) is 40.6 Å². The number of halogens is 2. The largest absolute Gasteiger partial charge is 0.395 e. The van der Waals surface area contributed by atoms with Crippen LogP contribution in [0.15, 0.2) is 53.2 Å². The van der Waals surface area contributed by atoms with Crippen LogP contribution in [0, 0.1) is 0 Å². The average molecular weight is 417 g/mol. The number of hydrogen-bond donors (Lipinski definition) is 2. The van der Waals surface area contributed by atoms with E-state index in [1.54, 1.807) is 18.2 Å². The first-order valence-electron chi connectivity index (χ1n) is 8.31. The highest BCUT2D eigenvalue weighted by Crippen LogP contribution is 2.33. The van der Waals surface area contributed by atoms with Crippen molar-refractivity contribution in [3.05, 3.63) is 58.6 Å². The summed E-state index contributed by atoms with van der Waals surface area (Å²) in [6.45, 7) is 0.212. The van der Waals surface area contributed by atoms with Gasteiger partial charge in [0.05, 0.1) is 16.7 Å². The third-order valence-corrected chi connectivity index (χ3v) is 4.66. The molecule has 4 aromatic rings. The molecule has 0 aliphatic carbocycles. The number of aliphatic hydroxyl groups is 1. The van der Waals surface area contributed by atoms with Gasteiger partial charge in [0.15, 0.2) is 11.6 Å². The van der Waals surface area contributed by atoms with E-state index in [0.717, 1.165) is 5.69 Å². The van der Waals surface area contributed by atoms with Crippen LogP contribution in [0.25, 0.3) is 11.3 Å². The highest BCUT2D eigenvalue weighted by atomic mass is 35.5. The molecule has 0 bridgehead atoms. The van der Waals surface area contributed by atoms with Crippen LogP contribution in [0.1, 0.15) is 0 Å². The van der Waals surface area contributed by atoms with Crippen molar-refractivity contribution < 1.29 is 9.74 Å². The first kappa shape index (κ1) is 18.4. The van der Waals surface area contributed by atoms with Crippen molar-refractivity contribution in [1.29, 1.82) is 0 Å². The smallest absolute Gasteiger partial charge is 0.245 e. The fraction of sp³-hybridized carbons (Fsp3) is 0.111. The topological polar surface area (TPSA) is 100 Å². The Bertz CT molecular complexity index is 1110. The van der Waals surface area contributed by atoms with Gasteiger partial charge in [-0.1, -0.05) is 41.4 Å². The molecule has 142 valence electrons. The molecule has 0 aliphatic rings. The molecule has 8 nitrogen and oxygen atoms in total. The Kier molecular flexibility index (Phi) is 5.25. The number of benzene rings is 2. The van der Waals surface area contributed by atoms with Gasteiger partial charge < -0.3 is 15.3 Å². The second kappa shape index (κ2) is 7.97. The maximum Gasteiger partial charge on any atom is 0.245 e. The highest BCUT2D eigenvalue weighted by molar-refractivity contribution is 6.42. The zero-order chi connectivity index (χ0) is 19.5. The van der Waals surface area contributed by atoms with Crippen molar-refractivity contribution in [2.45, 2.75) is 0 Å². The number of anilines is 4. The van der Waals surface area contributed by atoms with Crippen molar-refractivity contribution in [1.82, 2.24) is 20.3 Å². The van der Waals surface area contributed by atoms with E-state index < -0.39 is 0 Å². The molecule has 2 aromatic heterocycles. The lowest BCUT2D eigenvalue weighted by Gasteiger charge is -2.24. The number of aliphatic hydroxyl groups excluding tert-OH is 1.